The van der Waals surface area contributed by atoms with Crippen molar-refractivity contribution in [3.63, 3.8) is 0 Å². The molecule has 192 valence electrons. The van der Waals surface area contributed by atoms with Crippen molar-refractivity contribution in [1.82, 2.24) is 15.3 Å². The number of hydrogen-bond acceptors (Lipinski definition) is 5. The van der Waals surface area contributed by atoms with E-state index in [0.29, 0.717) is 0 Å². The Bertz CT molecular complexity index is 1000. The molecule has 1 N–H and O–H groups in total. The quantitative estimate of drug-likeness (QED) is 0.374. The van der Waals surface area contributed by atoms with E-state index in [1.54, 1.807) is 0 Å². The highest BCUT2D eigenvalue weighted by atomic mass is 35.5. The van der Waals surface area contributed by atoms with Crippen LogP contribution < -0.4 is 15.0 Å². The van der Waals surface area contributed by atoms with Crippen LogP contribution in [0, 0.1) is 0 Å². The molecule has 1 heterocycles. The van der Waals surface area contributed by atoms with Crippen LogP contribution in [0.1, 0.15) is 38.2 Å². The molecular formula is C22H23ClF6N4O2. The van der Waals surface area contributed by atoms with Gasteiger partial charge < -0.3 is 15.0 Å². The molecule has 2 atom stereocenters. The maximum atomic E-state index is 14.1. The summed E-state index contributed by atoms with van der Waals surface area (Å²) in [6.45, 7) is 0.785. The summed E-state index contributed by atoms with van der Waals surface area (Å²) in [7, 11) is 0. The van der Waals surface area contributed by atoms with Crippen LogP contribution >= 0.6 is 11.6 Å². The first-order valence-electron chi connectivity index (χ1n) is 10.7. The molecule has 0 saturated heterocycles. The van der Waals surface area contributed by atoms with Gasteiger partial charge in [0.05, 0.1) is 6.54 Å². The summed E-state index contributed by atoms with van der Waals surface area (Å²) in [5, 5.41) is 2.73. The van der Waals surface area contributed by atoms with Crippen molar-refractivity contribution in [2.24, 2.45) is 0 Å². The predicted octanol–water partition coefficient (Wildman–Crippen LogP) is 5.33. The average molecular weight is 525 g/mol. The summed E-state index contributed by atoms with van der Waals surface area (Å²) in [6, 6.07) is 4.06. The van der Waals surface area contributed by atoms with E-state index in [-0.39, 0.29) is 24.1 Å². The first-order chi connectivity index (χ1) is 16.3. The van der Waals surface area contributed by atoms with Gasteiger partial charge in [-0.3, -0.25) is 4.79 Å². The lowest BCUT2D eigenvalue weighted by Gasteiger charge is -2.43. The first-order valence-corrected chi connectivity index (χ1v) is 11.1. The Kier molecular flexibility index (Phi) is 8.03. The number of carbonyl (C=O) groups excluding carboxylic acids is 1. The highest BCUT2D eigenvalue weighted by molar-refractivity contribution is 6.20. The van der Waals surface area contributed by atoms with E-state index in [1.165, 1.54) is 42.7 Å². The van der Waals surface area contributed by atoms with Gasteiger partial charge in [0.15, 0.2) is 5.63 Å². The van der Waals surface area contributed by atoms with Crippen LogP contribution in [0.25, 0.3) is 0 Å². The Balaban J connectivity index is 2.02. The van der Waals surface area contributed by atoms with Crippen LogP contribution in [-0.4, -0.2) is 46.4 Å². The van der Waals surface area contributed by atoms with E-state index in [1.807, 2.05) is 0 Å². The van der Waals surface area contributed by atoms with Gasteiger partial charge in [-0.2, -0.15) is 0 Å². The van der Waals surface area contributed by atoms with E-state index in [4.69, 9.17) is 11.6 Å². The minimum absolute atomic E-state index is 0.00766. The second-order valence-electron chi connectivity index (χ2n) is 8.35. The molecule has 0 radical (unpaired) electrons. The molecule has 1 amide bonds. The lowest BCUT2D eigenvalue weighted by molar-refractivity contribution is -0.274. The number of aromatic nitrogens is 2. The Labute approximate surface area is 202 Å². The molecule has 1 aromatic heterocycles. The minimum atomic E-state index is -4.98. The molecule has 0 bridgehead atoms. The monoisotopic (exact) mass is 524 g/mol. The number of hydrogen-bond donors (Lipinski definition) is 1. The van der Waals surface area contributed by atoms with Gasteiger partial charge in [0.25, 0.3) is 5.91 Å². The number of alkyl halides is 7. The lowest BCUT2D eigenvalue weighted by atomic mass is 9.87. The number of nitrogens with zero attached hydrogens (tertiary/aromatic N) is 3. The number of halogens is 7. The fraction of sp³-hybridized carbons (Fsp3) is 0.500. The molecule has 6 nitrogen and oxygen atoms in total. The zero-order valence-electron chi connectivity index (χ0n) is 18.5. The average Bonchev–Trinajstić information content (AvgIpc) is 2.78. The van der Waals surface area contributed by atoms with Gasteiger partial charge in [-0.05, 0) is 31.9 Å². The van der Waals surface area contributed by atoms with Crippen molar-refractivity contribution >= 4 is 23.2 Å². The minimum Gasteiger partial charge on any atom is -0.406 e. The molecule has 1 aliphatic carbocycles. The fourth-order valence-corrected chi connectivity index (χ4v) is 4.14. The zero-order chi connectivity index (χ0) is 25.9. The third-order valence-electron chi connectivity index (χ3n) is 5.84. The lowest BCUT2D eigenvalue weighted by Crippen LogP contribution is -2.58. The number of amides is 1. The Morgan fingerprint density at radius 3 is 2.46 bits per heavy atom. The van der Waals surface area contributed by atoms with Crippen LogP contribution in [0.5, 0.6) is 5.75 Å². The van der Waals surface area contributed by atoms with Crippen LogP contribution in [0.2, 0.25) is 0 Å². The Morgan fingerprint density at radius 1 is 1.26 bits per heavy atom. The zero-order valence-corrected chi connectivity index (χ0v) is 19.3. The van der Waals surface area contributed by atoms with Gasteiger partial charge in [-0.15, -0.1) is 13.2 Å². The van der Waals surface area contributed by atoms with Crippen LogP contribution in [0.15, 0.2) is 43.0 Å². The third kappa shape index (κ3) is 6.89. The molecule has 13 heteroatoms. The van der Waals surface area contributed by atoms with Crippen molar-refractivity contribution in [3.05, 3.63) is 48.5 Å². The van der Waals surface area contributed by atoms with E-state index < -0.39 is 60.5 Å². The highest BCUT2D eigenvalue weighted by Crippen LogP contribution is 2.38. The topological polar surface area (TPSA) is 67.4 Å². The highest BCUT2D eigenvalue weighted by Gasteiger charge is 2.45. The third-order valence-corrected chi connectivity index (χ3v) is 5.98. The second kappa shape index (κ2) is 10.5. The summed E-state index contributed by atoms with van der Waals surface area (Å²) >= 11 is 5.62. The molecule has 1 saturated carbocycles. The maximum Gasteiger partial charge on any atom is 0.573 e. The molecule has 3 rings (SSSR count). The van der Waals surface area contributed by atoms with Gasteiger partial charge in [0, 0.05) is 48.6 Å². The second-order valence-corrected chi connectivity index (χ2v) is 8.82. The predicted molar refractivity (Wildman–Crippen MR) is 116 cm³/mol. The van der Waals surface area contributed by atoms with Gasteiger partial charge in [-0.1, -0.05) is 17.7 Å². The Morgan fingerprint density at radius 2 is 1.89 bits per heavy atom. The van der Waals surface area contributed by atoms with Crippen LogP contribution in [-0.2, 0) is 10.3 Å². The number of nitrogens with one attached hydrogen (secondary N) is 1. The first kappa shape index (κ1) is 26.8. The number of benzene rings is 1. The molecule has 2 aromatic rings. The van der Waals surface area contributed by atoms with Crippen molar-refractivity contribution in [2.75, 3.05) is 11.4 Å². The molecule has 1 aromatic carbocycles. The maximum absolute atomic E-state index is 14.1. The van der Waals surface area contributed by atoms with Gasteiger partial charge in [0.2, 0.25) is 5.92 Å². The van der Waals surface area contributed by atoms with Crippen molar-refractivity contribution in [2.45, 2.75) is 62.1 Å². The summed E-state index contributed by atoms with van der Waals surface area (Å²) < 4.78 is 83.6. The van der Waals surface area contributed by atoms with E-state index >= 15 is 0 Å². The van der Waals surface area contributed by atoms with E-state index in [9.17, 15) is 31.1 Å². The Hall–Kier alpha value is -2.76. The SMILES string of the molecule is CC(C(=O)NC1CCC(F)(F)CC1)(c1cncnc1)N(C[C@H](F)Cl)c1cccc(OC(F)(F)F)c1. The summed E-state index contributed by atoms with van der Waals surface area (Å²) in [6.07, 6.45) is -1.94. The fourth-order valence-electron chi connectivity index (χ4n) is 4.00. The number of carbonyl (C=O) groups is 1. The van der Waals surface area contributed by atoms with Crippen LogP contribution in [0.4, 0.5) is 32.0 Å². The van der Waals surface area contributed by atoms with E-state index in [2.05, 4.69) is 20.0 Å². The van der Waals surface area contributed by atoms with Crippen LogP contribution in [0.3, 0.4) is 0 Å². The molecule has 0 spiro atoms. The largest absolute Gasteiger partial charge is 0.573 e. The molecule has 1 aliphatic rings. The van der Waals surface area contributed by atoms with Gasteiger partial charge in [0.1, 0.15) is 17.6 Å². The van der Waals surface area contributed by atoms with Crippen molar-refractivity contribution in [1.29, 1.82) is 0 Å². The van der Waals surface area contributed by atoms with Gasteiger partial charge >= 0.3 is 6.36 Å². The number of anilines is 1. The molecule has 0 aliphatic heterocycles. The normalized spacial score (nSPS) is 18.9. The standard InChI is InChI=1S/C22H23ClF6N4O2/c1-20(14-10-30-13-31-11-14,19(34)32-15-5-7-21(25,26)8-6-15)33(12-18(23)24)16-3-2-4-17(9-16)35-22(27,28)29/h2-4,9-11,13,15,18H,5-8,12H2,1H3,(H,32,34)/t18-,20?/m0/s1. The smallest absolute Gasteiger partial charge is 0.406 e. The summed E-state index contributed by atoms with van der Waals surface area (Å²) in [4.78, 5) is 22.6. The molecular weight excluding hydrogens is 502 g/mol. The molecule has 1 unspecified atom stereocenters. The summed E-state index contributed by atoms with van der Waals surface area (Å²) in [5.74, 6) is -4.11. The number of rotatable bonds is 8. The summed E-state index contributed by atoms with van der Waals surface area (Å²) in [5.41, 5.74) is -3.63. The van der Waals surface area contributed by atoms with Gasteiger partial charge in [-0.25, -0.2) is 23.1 Å². The number of ether oxygens (including phenoxy) is 1. The molecule has 1 fully saturated rings. The van der Waals surface area contributed by atoms with E-state index in [0.717, 1.165) is 12.1 Å². The van der Waals surface area contributed by atoms with Crippen molar-refractivity contribution < 1.29 is 35.9 Å². The molecule has 35 heavy (non-hydrogen) atoms. The van der Waals surface area contributed by atoms with Crippen molar-refractivity contribution in [3.8, 4) is 5.75 Å².